The van der Waals surface area contributed by atoms with Crippen LogP contribution >= 0.6 is 0 Å². The highest BCUT2D eigenvalue weighted by molar-refractivity contribution is 5.85. The summed E-state index contributed by atoms with van der Waals surface area (Å²) in [7, 11) is 0. The Hall–Kier alpha value is -2.12. The molecule has 2 saturated heterocycles. The van der Waals surface area contributed by atoms with Crippen molar-refractivity contribution in [3.63, 3.8) is 0 Å². The molecule has 2 N–H and O–H groups in total. The van der Waals surface area contributed by atoms with Crippen molar-refractivity contribution in [3.05, 3.63) is 35.9 Å². The van der Waals surface area contributed by atoms with E-state index in [9.17, 15) is 4.79 Å². The molecular weight excluding hydrogens is 402 g/mol. The van der Waals surface area contributed by atoms with Crippen LogP contribution in [0.2, 0.25) is 0 Å². The number of hydrogen-bond acceptors (Lipinski definition) is 4. The van der Waals surface area contributed by atoms with Gasteiger partial charge in [-0.1, -0.05) is 37.3 Å². The number of nitrogens with one attached hydrogen (secondary N) is 2. The molecule has 0 aromatic heterocycles. The van der Waals surface area contributed by atoms with Crippen LogP contribution in [0.5, 0.6) is 0 Å². The van der Waals surface area contributed by atoms with E-state index in [-0.39, 0.29) is 11.8 Å². The lowest BCUT2D eigenvalue weighted by Gasteiger charge is -2.30. The molecule has 2 heterocycles. The summed E-state index contributed by atoms with van der Waals surface area (Å²) in [6, 6.07) is 10.0. The zero-order valence-electron chi connectivity index (χ0n) is 19.9. The van der Waals surface area contributed by atoms with Gasteiger partial charge in [-0.15, -0.1) is 0 Å². The number of guanidine groups is 1. The van der Waals surface area contributed by atoms with Crippen molar-refractivity contribution in [3.8, 4) is 0 Å². The Morgan fingerprint density at radius 1 is 1.12 bits per heavy atom. The predicted molar refractivity (Wildman–Crippen MR) is 130 cm³/mol. The van der Waals surface area contributed by atoms with Gasteiger partial charge in [-0.3, -0.25) is 9.79 Å². The molecule has 2 aliphatic heterocycles. The number of carbonyl (C=O) groups is 1. The SMILES string of the molecule is CCNC(=NCC(C(=O)N1CCOCC1)c1ccccc1)NCCCN1CCC(C)CC1. The van der Waals surface area contributed by atoms with Crippen molar-refractivity contribution >= 4 is 11.9 Å². The fraction of sp³-hybridized carbons (Fsp3) is 0.680. The molecule has 0 spiro atoms. The first-order valence-electron chi connectivity index (χ1n) is 12.3. The minimum atomic E-state index is -0.278. The van der Waals surface area contributed by atoms with Crippen LogP contribution < -0.4 is 10.6 Å². The monoisotopic (exact) mass is 443 g/mol. The fourth-order valence-electron chi connectivity index (χ4n) is 4.33. The average molecular weight is 444 g/mol. The standard InChI is InChI=1S/C25H41N5O2/c1-3-26-25(27-12-7-13-29-14-10-21(2)11-15-29)28-20-23(22-8-5-4-6-9-22)24(31)30-16-18-32-19-17-30/h4-6,8-9,21,23H,3,7,10-20H2,1-2H3,(H2,26,27,28). The second-order valence-corrected chi connectivity index (χ2v) is 8.93. The van der Waals surface area contributed by atoms with Gasteiger partial charge in [0.2, 0.25) is 5.91 Å². The maximum Gasteiger partial charge on any atom is 0.232 e. The number of piperidine rings is 1. The first kappa shape index (κ1) is 24.5. The molecule has 3 rings (SSSR count). The van der Waals surface area contributed by atoms with Gasteiger partial charge in [0.1, 0.15) is 0 Å². The largest absolute Gasteiger partial charge is 0.378 e. The van der Waals surface area contributed by atoms with Crippen LogP contribution in [0.25, 0.3) is 0 Å². The Labute approximate surface area is 193 Å². The summed E-state index contributed by atoms with van der Waals surface area (Å²) < 4.78 is 5.42. The minimum absolute atomic E-state index is 0.137. The molecule has 7 heteroatoms. The number of rotatable bonds is 9. The number of likely N-dealkylation sites (tertiary alicyclic amines) is 1. The van der Waals surface area contributed by atoms with Crippen LogP contribution in [0.1, 0.15) is 44.6 Å². The van der Waals surface area contributed by atoms with Crippen molar-refractivity contribution in [1.29, 1.82) is 0 Å². The number of amides is 1. The summed E-state index contributed by atoms with van der Waals surface area (Å²) in [6.45, 7) is 12.6. The van der Waals surface area contributed by atoms with Gasteiger partial charge in [-0.2, -0.15) is 0 Å². The van der Waals surface area contributed by atoms with Crippen LogP contribution in [0, 0.1) is 5.92 Å². The molecule has 178 valence electrons. The van der Waals surface area contributed by atoms with Crippen molar-refractivity contribution in [2.24, 2.45) is 10.9 Å². The topological polar surface area (TPSA) is 69.2 Å². The molecule has 0 bridgehead atoms. The molecule has 0 radical (unpaired) electrons. The van der Waals surface area contributed by atoms with E-state index in [2.05, 4.69) is 29.4 Å². The molecule has 7 nitrogen and oxygen atoms in total. The second-order valence-electron chi connectivity index (χ2n) is 8.93. The van der Waals surface area contributed by atoms with Crippen molar-refractivity contribution in [2.75, 3.05) is 65.6 Å². The summed E-state index contributed by atoms with van der Waals surface area (Å²) in [6.07, 6.45) is 3.72. The Kier molecular flexibility index (Phi) is 10.3. The van der Waals surface area contributed by atoms with Gasteiger partial charge >= 0.3 is 0 Å². The van der Waals surface area contributed by atoms with E-state index in [1.165, 1.54) is 25.9 Å². The highest BCUT2D eigenvalue weighted by atomic mass is 16.5. The van der Waals surface area contributed by atoms with Crippen molar-refractivity contribution < 1.29 is 9.53 Å². The molecule has 1 atom stereocenters. The Morgan fingerprint density at radius 3 is 2.53 bits per heavy atom. The molecule has 2 aliphatic rings. The van der Waals surface area contributed by atoms with E-state index >= 15 is 0 Å². The van der Waals surface area contributed by atoms with Gasteiger partial charge in [-0.25, -0.2) is 0 Å². The smallest absolute Gasteiger partial charge is 0.232 e. The predicted octanol–water partition coefficient (Wildman–Crippen LogP) is 2.31. The normalized spacial score (nSPS) is 19.6. The van der Waals surface area contributed by atoms with Crippen LogP contribution in [0.3, 0.4) is 0 Å². The number of carbonyl (C=O) groups excluding carboxylic acids is 1. The third-order valence-electron chi connectivity index (χ3n) is 6.42. The first-order valence-corrected chi connectivity index (χ1v) is 12.3. The van der Waals surface area contributed by atoms with Crippen molar-refractivity contribution in [1.82, 2.24) is 20.4 Å². The zero-order valence-corrected chi connectivity index (χ0v) is 19.9. The number of ether oxygens (including phenoxy) is 1. The molecular formula is C25H41N5O2. The van der Waals surface area contributed by atoms with Crippen LogP contribution in [0.15, 0.2) is 35.3 Å². The quantitative estimate of drug-likeness (QED) is 0.348. The maximum absolute atomic E-state index is 13.3. The highest BCUT2D eigenvalue weighted by Gasteiger charge is 2.27. The molecule has 2 fully saturated rings. The molecule has 0 saturated carbocycles. The molecule has 32 heavy (non-hydrogen) atoms. The van der Waals surface area contributed by atoms with Gasteiger partial charge in [0.25, 0.3) is 0 Å². The van der Waals surface area contributed by atoms with E-state index in [0.29, 0.717) is 32.8 Å². The third kappa shape index (κ3) is 7.78. The van der Waals surface area contributed by atoms with Crippen LogP contribution in [0.4, 0.5) is 0 Å². The van der Waals surface area contributed by atoms with Gasteiger partial charge in [0.05, 0.1) is 25.7 Å². The Bertz CT molecular complexity index is 698. The van der Waals surface area contributed by atoms with E-state index in [1.807, 2.05) is 35.2 Å². The number of benzene rings is 1. The molecule has 1 unspecified atom stereocenters. The summed E-state index contributed by atoms with van der Waals surface area (Å²) in [4.78, 5) is 22.6. The number of morpholine rings is 1. The molecule has 1 aromatic rings. The van der Waals surface area contributed by atoms with Gasteiger partial charge < -0.3 is 25.2 Å². The van der Waals surface area contributed by atoms with Gasteiger partial charge in [0.15, 0.2) is 5.96 Å². The Balaban J connectivity index is 1.55. The number of nitrogens with zero attached hydrogens (tertiary/aromatic N) is 3. The van der Waals surface area contributed by atoms with Crippen LogP contribution in [-0.4, -0.2) is 87.2 Å². The maximum atomic E-state index is 13.3. The molecule has 1 aromatic carbocycles. The molecule has 1 amide bonds. The minimum Gasteiger partial charge on any atom is -0.378 e. The number of hydrogen-bond donors (Lipinski definition) is 2. The lowest BCUT2D eigenvalue weighted by atomic mass is 9.97. The van der Waals surface area contributed by atoms with Crippen LogP contribution in [-0.2, 0) is 9.53 Å². The third-order valence-corrected chi connectivity index (χ3v) is 6.42. The summed E-state index contributed by atoms with van der Waals surface area (Å²) in [5.41, 5.74) is 1.02. The Morgan fingerprint density at radius 2 is 1.84 bits per heavy atom. The first-order chi connectivity index (χ1) is 15.7. The van der Waals surface area contributed by atoms with E-state index in [1.54, 1.807) is 0 Å². The summed E-state index contributed by atoms with van der Waals surface area (Å²) in [5, 5.41) is 6.79. The average Bonchev–Trinajstić information content (AvgIpc) is 2.84. The van der Waals surface area contributed by atoms with E-state index in [0.717, 1.165) is 43.5 Å². The molecule has 0 aliphatic carbocycles. The van der Waals surface area contributed by atoms with Gasteiger partial charge in [-0.05, 0) is 57.3 Å². The fourth-order valence-corrected chi connectivity index (χ4v) is 4.33. The van der Waals surface area contributed by atoms with E-state index in [4.69, 9.17) is 9.73 Å². The second kappa shape index (κ2) is 13.4. The number of aliphatic imine (C=N–C) groups is 1. The van der Waals surface area contributed by atoms with Crippen molar-refractivity contribution in [2.45, 2.75) is 39.0 Å². The van der Waals surface area contributed by atoms with E-state index < -0.39 is 0 Å². The zero-order chi connectivity index (χ0) is 22.6. The lowest BCUT2D eigenvalue weighted by molar-refractivity contribution is -0.136. The lowest BCUT2D eigenvalue weighted by Crippen LogP contribution is -2.44. The summed E-state index contributed by atoms with van der Waals surface area (Å²) in [5.74, 6) is 1.52. The highest BCUT2D eigenvalue weighted by Crippen LogP contribution is 2.20. The van der Waals surface area contributed by atoms with Gasteiger partial charge in [0, 0.05) is 26.2 Å². The summed E-state index contributed by atoms with van der Waals surface area (Å²) >= 11 is 0.